The fraction of sp³-hybridized carbons (Fsp3) is 0.0612. The first-order valence-electron chi connectivity index (χ1n) is 17.9. The summed E-state index contributed by atoms with van der Waals surface area (Å²) >= 11 is 0. The van der Waals surface area contributed by atoms with Crippen LogP contribution in [0.4, 0.5) is 17.1 Å². The quantitative estimate of drug-likeness (QED) is 0.187. The minimum atomic E-state index is -0.205. The highest BCUT2D eigenvalue weighted by Crippen LogP contribution is 2.54. The van der Waals surface area contributed by atoms with Crippen molar-refractivity contribution in [2.24, 2.45) is 0 Å². The number of anilines is 3. The summed E-state index contributed by atoms with van der Waals surface area (Å²) in [5, 5.41) is 7.08. The van der Waals surface area contributed by atoms with E-state index in [1.807, 2.05) is 18.2 Å². The largest absolute Gasteiger partial charge is 0.456 e. The van der Waals surface area contributed by atoms with Crippen molar-refractivity contribution in [2.75, 3.05) is 4.90 Å². The number of furan rings is 2. The maximum absolute atomic E-state index is 6.34. The number of fused-ring (bicyclic) bond motifs is 11. The van der Waals surface area contributed by atoms with E-state index in [1.54, 1.807) is 0 Å². The van der Waals surface area contributed by atoms with E-state index >= 15 is 0 Å². The Bertz CT molecular complexity index is 3050. The predicted molar refractivity (Wildman–Crippen MR) is 216 cm³/mol. The summed E-state index contributed by atoms with van der Waals surface area (Å²) in [4.78, 5) is 2.38. The molecule has 0 atom stereocenters. The van der Waals surface area contributed by atoms with Gasteiger partial charge in [0.15, 0.2) is 0 Å². The number of nitrogens with zero attached hydrogens (tertiary/aromatic N) is 1. The van der Waals surface area contributed by atoms with Crippen molar-refractivity contribution in [3.8, 4) is 22.3 Å². The van der Waals surface area contributed by atoms with Gasteiger partial charge in [-0.2, -0.15) is 0 Å². The Kier molecular flexibility index (Phi) is 6.01. The molecule has 0 fully saturated rings. The summed E-state index contributed by atoms with van der Waals surface area (Å²) in [6, 6.07) is 58.9. The maximum atomic E-state index is 6.34. The fourth-order valence-corrected chi connectivity index (χ4v) is 8.64. The molecule has 1 aliphatic rings. The summed E-state index contributed by atoms with van der Waals surface area (Å²) < 4.78 is 12.6. The molecule has 3 heteroatoms. The molecule has 10 aromatic rings. The fourth-order valence-electron chi connectivity index (χ4n) is 8.64. The van der Waals surface area contributed by atoms with E-state index in [0.29, 0.717) is 0 Å². The second kappa shape index (κ2) is 10.7. The van der Waals surface area contributed by atoms with Gasteiger partial charge in [-0.1, -0.05) is 111 Å². The third-order valence-corrected chi connectivity index (χ3v) is 11.2. The second-order valence-electron chi connectivity index (χ2n) is 14.5. The average molecular weight is 668 g/mol. The molecule has 52 heavy (non-hydrogen) atoms. The molecule has 8 aromatic carbocycles. The molecule has 3 nitrogen and oxygen atoms in total. The number of hydrogen-bond acceptors (Lipinski definition) is 3. The van der Waals surface area contributed by atoms with Gasteiger partial charge in [0.2, 0.25) is 0 Å². The summed E-state index contributed by atoms with van der Waals surface area (Å²) in [5.41, 5.74) is 14.3. The van der Waals surface area contributed by atoms with Crippen LogP contribution in [0.15, 0.2) is 173 Å². The van der Waals surface area contributed by atoms with Gasteiger partial charge in [-0.15, -0.1) is 0 Å². The second-order valence-corrected chi connectivity index (χ2v) is 14.5. The molecular weight excluding hydrogens is 635 g/mol. The van der Waals surface area contributed by atoms with Crippen molar-refractivity contribution < 1.29 is 8.83 Å². The highest BCUT2D eigenvalue weighted by atomic mass is 16.3. The first kappa shape index (κ1) is 29.2. The zero-order chi connectivity index (χ0) is 34.6. The van der Waals surface area contributed by atoms with E-state index in [4.69, 9.17) is 8.83 Å². The van der Waals surface area contributed by atoms with Crippen LogP contribution in [0.1, 0.15) is 25.0 Å². The van der Waals surface area contributed by atoms with Gasteiger partial charge in [-0.3, -0.25) is 0 Å². The van der Waals surface area contributed by atoms with Crippen LogP contribution in [-0.4, -0.2) is 0 Å². The predicted octanol–water partition coefficient (Wildman–Crippen LogP) is 14.1. The standard InChI is InChI=1S/C49H33NO2/c1-49(2)41-24-26-46-48(39-12-6-8-14-44(39)52-46)47(41)38-23-21-36(29-42(38)49)50(35-22-25-45-40(28-35)37-11-5-7-13-43(37)51-45)34-19-17-31(18-20-34)33-16-15-30-9-3-4-10-32(30)27-33/h3-29H,1-2H3. The Morgan fingerprint density at radius 2 is 1.04 bits per heavy atom. The van der Waals surface area contributed by atoms with Crippen molar-refractivity contribution in [1.82, 2.24) is 0 Å². The average Bonchev–Trinajstić information content (AvgIpc) is 3.82. The first-order chi connectivity index (χ1) is 25.5. The number of para-hydroxylation sites is 2. The molecule has 246 valence electrons. The molecule has 0 aliphatic heterocycles. The zero-order valence-corrected chi connectivity index (χ0v) is 28.9. The summed E-state index contributed by atoms with van der Waals surface area (Å²) in [7, 11) is 0. The van der Waals surface area contributed by atoms with Gasteiger partial charge in [0.1, 0.15) is 22.3 Å². The van der Waals surface area contributed by atoms with Crippen LogP contribution < -0.4 is 4.90 Å². The van der Waals surface area contributed by atoms with E-state index in [9.17, 15) is 0 Å². The number of hydrogen-bond donors (Lipinski definition) is 0. The highest BCUT2D eigenvalue weighted by molar-refractivity contribution is 6.15. The molecule has 11 rings (SSSR count). The normalized spacial score (nSPS) is 13.3. The molecule has 2 heterocycles. The van der Waals surface area contributed by atoms with E-state index in [-0.39, 0.29) is 5.41 Å². The Hall–Kier alpha value is -6.58. The molecule has 1 aliphatic carbocycles. The third-order valence-electron chi connectivity index (χ3n) is 11.2. The highest BCUT2D eigenvalue weighted by Gasteiger charge is 2.38. The molecule has 0 bridgehead atoms. The van der Waals surface area contributed by atoms with Crippen molar-refractivity contribution >= 4 is 71.7 Å². The molecule has 0 unspecified atom stereocenters. The Morgan fingerprint density at radius 1 is 0.423 bits per heavy atom. The van der Waals surface area contributed by atoms with Crippen molar-refractivity contribution in [3.05, 3.63) is 175 Å². The van der Waals surface area contributed by atoms with Crippen LogP contribution in [0.5, 0.6) is 0 Å². The van der Waals surface area contributed by atoms with E-state index in [0.717, 1.165) is 55.6 Å². The van der Waals surface area contributed by atoms with Crippen molar-refractivity contribution in [3.63, 3.8) is 0 Å². The van der Waals surface area contributed by atoms with E-state index in [1.165, 1.54) is 49.5 Å². The lowest BCUT2D eigenvalue weighted by molar-refractivity contribution is 0.656. The minimum absolute atomic E-state index is 0.205. The monoisotopic (exact) mass is 667 g/mol. The van der Waals surface area contributed by atoms with E-state index < -0.39 is 0 Å². The van der Waals surface area contributed by atoms with Gasteiger partial charge < -0.3 is 13.7 Å². The Balaban J connectivity index is 1.09. The van der Waals surface area contributed by atoms with E-state index in [2.05, 4.69) is 164 Å². The molecule has 0 saturated heterocycles. The first-order valence-corrected chi connectivity index (χ1v) is 17.9. The van der Waals surface area contributed by atoms with Gasteiger partial charge in [0, 0.05) is 44.0 Å². The summed E-state index contributed by atoms with van der Waals surface area (Å²) in [6.07, 6.45) is 0. The lowest BCUT2D eigenvalue weighted by Gasteiger charge is -2.28. The zero-order valence-electron chi connectivity index (χ0n) is 28.9. The molecule has 0 radical (unpaired) electrons. The molecule has 0 N–H and O–H groups in total. The molecule has 0 spiro atoms. The maximum Gasteiger partial charge on any atom is 0.136 e. The van der Waals surface area contributed by atoms with Crippen LogP contribution in [0.2, 0.25) is 0 Å². The lowest BCUT2D eigenvalue weighted by atomic mass is 9.82. The van der Waals surface area contributed by atoms with Crippen LogP contribution in [0, 0.1) is 0 Å². The van der Waals surface area contributed by atoms with Crippen LogP contribution in [-0.2, 0) is 5.41 Å². The minimum Gasteiger partial charge on any atom is -0.456 e. The van der Waals surface area contributed by atoms with Crippen molar-refractivity contribution in [2.45, 2.75) is 19.3 Å². The van der Waals surface area contributed by atoms with Crippen LogP contribution >= 0.6 is 0 Å². The van der Waals surface area contributed by atoms with Gasteiger partial charge in [0.05, 0.1) is 0 Å². The molecular formula is C49H33NO2. The summed E-state index contributed by atoms with van der Waals surface area (Å²) in [5.74, 6) is 0. The summed E-state index contributed by atoms with van der Waals surface area (Å²) in [6.45, 7) is 4.70. The lowest BCUT2D eigenvalue weighted by Crippen LogP contribution is -2.16. The van der Waals surface area contributed by atoms with Gasteiger partial charge in [-0.05, 0) is 111 Å². The van der Waals surface area contributed by atoms with Crippen LogP contribution in [0.25, 0.3) is 76.9 Å². The van der Waals surface area contributed by atoms with Gasteiger partial charge in [0.25, 0.3) is 0 Å². The van der Waals surface area contributed by atoms with Gasteiger partial charge in [-0.25, -0.2) is 0 Å². The topological polar surface area (TPSA) is 29.5 Å². The van der Waals surface area contributed by atoms with Gasteiger partial charge >= 0.3 is 0 Å². The molecule has 2 aromatic heterocycles. The Morgan fingerprint density at radius 3 is 1.88 bits per heavy atom. The molecule has 0 saturated carbocycles. The molecule has 0 amide bonds. The smallest absolute Gasteiger partial charge is 0.136 e. The Labute approximate surface area is 301 Å². The number of rotatable bonds is 4. The number of benzene rings is 8. The SMILES string of the molecule is CC1(C)c2cc(N(c3ccc(-c4ccc5ccccc5c4)cc3)c3ccc4oc5ccccc5c4c3)ccc2-c2c1ccc1oc3ccccc3c21. The van der Waals surface area contributed by atoms with Crippen LogP contribution in [0.3, 0.4) is 0 Å². The third kappa shape index (κ3) is 4.20. The van der Waals surface area contributed by atoms with Crippen molar-refractivity contribution in [1.29, 1.82) is 0 Å².